The highest BCUT2D eigenvalue weighted by atomic mass is 35.5. The maximum atomic E-state index is 14.7. The molecule has 3 amide bonds. The molecule has 7 nitrogen and oxygen atoms in total. The van der Waals surface area contributed by atoms with Gasteiger partial charge in [-0.2, -0.15) is 5.12 Å². The summed E-state index contributed by atoms with van der Waals surface area (Å²) in [6.07, 6.45) is -0.416. The van der Waals surface area contributed by atoms with E-state index in [1.165, 1.54) is 16.8 Å². The van der Waals surface area contributed by atoms with Crippen molar-refractivity contribution in [3.8, 4) is 0 Å². The number of nitrogens with zero attached hydrogens (tertiary/aromatic N) is 3. The molecular weight excluding hydrogens is 489 g/mol. The van der Waals surface area contributed by atoms with Crippen molar-refractivity contribution in [2.45, 2.75) is 31.7 Å². The van der Waals surface area contributed by atoms with E-state index in [1.54, 1.807) is 36.4 Å². The number of primary amides is 1. The van der Waals surface area contributed by atoms with Gasteiger partial charge in [0.25, 0.3) is 11.8 Å². The predicted molar refractivity (Wildman–Crippen MR) is 124 cm³/mol. The first-order chi connectivity index (χ1) is 16.2. The van der Waals surface area contributed by atoms with Crippen molar-refractivity contribution in [1.82, 2.24) is 14.6 Å². The van der Waals surface area contributed by atoms with Gasteiger partial charge in [-0.3, -0.25) is 14.4 Å². The highest BCUT2D eigenvalue weighted by molar-refractivity contribution is 6.35. The van der Waals surface area contributed by atoms with E-state index in [0.717, 1.165) is 4.90 Å². The van der Waals surface area contributed by atoms with Gasteiger partial charge in [-0.1, -0.05) is 51.9 Å². The first-order valence-electron chi connectivity index (χ1n) is 10.4. The average molecular weight is 509 g/mol. The van der Waals surface area contributed by atoms with Crippen LogP contribution in [0.2, 0.25) is 10.0 Å². The largest absolute Gasteiger partial charge is 0.366 e. The summed E-state index contributed by atoms with van der Waals surface area (Å²) in [6.45, 7) is -1.09. The topological polar surface area (TPSA) is 88.6 Å². The molecule has 2 atom stereocenters. The number of fused-ring (bicyclic) bond motifs is 1. The van der Waals surface area contributed by atoms with Crippen LogP contribution in [-0.2, 0) is 22.7 Å². The van der Waals surface area contributed by atoms with Crippen molar-refractivity contribution in [2.24, 2.45) is 5.73 Å². The maximum absolute atomic E-state index is 14.7. The maximum Gasteiger partial charge on any atom is 0.273 e. The van der Waals surface area contributed by atoms with Gasteiger partial charge in [-0.05, 0) is 23.8 Å². The minimum atomic E-state index is -1.48. The molecule has 1 aromatic heterocycles. The van der Waals surface area contributed by atoms with Gasteiger partial charge in [-0.15, -0.1) is 0 Å². The first-order valence-corrected chi connectivity index (χ1v) is 11.1. The van der Waals surface area contributed by atoms with E-state index in [-0.39, 0.29) is 35.2 Å². The van der Waals surface area contributed by atoms with Crippen LogP contribution in [0.25, 0.3) is 10.9 Å². The molecule has 1 aliphatic rings. The number of likely N-dealkylation sites (tertiary alicyclic amines) is 1. The third-order valence-electron chi connectivity index (χ3n) is 5.73. The van der Waals surface area contributed by atoms with E-state index in [1.807, 2.05) is 0 Å². The van der Waals surface area contributed by atoms with Gasteiger partial charge in [0, 0.05) is 23.0 Å². The van der Waals surface area contributed by atoms with Crippen molar-refractivity contribution in [2.75, 3.05) is 6.54 Å². The Morgan fingerprint density at radius 3 is 2.59 bits per heavy atom. The number of rotatable bonds is 6. The van der Waals surface area contributed by atoms with Crippen LogP contribution in [0.3, 0.4) is 0 Å². The van der Waals surface area contributed by atoms with Crippen LogP contribution in [-0.4, -0.2) is 51.1 Å². The highest BCUT2D eigenvalue weighted by Gasteiger charge is 2.42. The van der Waals surface area contributed by atoms with E-state index in [9.17, 15) is 23.3 Å². The van der Waals surface area contributed by atoms with E-state index in [4.69, 9.17) is 28.9 Å². The second-order valence-electron chi connectivity index (χ2n) is 8.05. The van der Waals surface area contributed by atoms with E-state index in [0.29, 0.717) is 21.5 Å². The van der Waals surface area contributed by atoms with Gasteiger partial charge in [0.2, 0.25) is 5.91 Å². The van der Waals surface area contributed by atoms with Gasteiger partial charge in [0.1, 0.15) is 18.8 Å². The van der Waals surface area contributed by atoms with Crippen molar-refractivity contribution < 1.29 is 23.3 Å². The molecule has 0 aliphatic carbocycles. The lowest BCUT2D eigenvalue weighted by molar-refractivity contribution is -0.156. The molecule has 0 spiro atoms. The van der Waals surface area contributed by atoms with Crippen LogP contribution in [0.15, 0.2) is 48.7 Å². The Bertz CT molecular complexity index is 1280. The van der Waals surface area contributed by atoms with Crippen LogP contribution in [0, 0.1) is 0 Å². The number of hydrogen-bond donors (Lipinski definition) is 1. The number of para-hydroxylation sites is 1. The summed E-state index contributed by atoms with van der Waals surface area (Å²) < 4.78 is 30.4. The minimum absolute atomic E-state index is 0.0399. The quantitative estimate of drug-likeness (QED) is 0.512. The first kappa shape index (κ1) is 24.0. The summed E-state index contributed by atoms with van der Waals surface area (Å²) in [5.74, 6) is -2.35. The normalized spacial score (nSPS) is 17.8. The second-order valence-corrected chi connectivity index (χ2v) is 8.90. The molecule has 4 rings (SSSR count). The lowest BCUT2D eigenvalue weighted by atomic mass is 10.1. The number of benzene rings is 2. The molecule has 11 heteroatoms. The zero-order valence-corrected chi connectivity index (χ0v) is 19.3. The van der Waals surface area contributed by atoms with Crippen LogP contribution < -0.4 is 5.73 Å². The summed E-state index contributed by atoms with van der Waals surface area (Å²) in [6, 6.07) is 9.90. The summed E-state index contributed by atoms with van der Waals surface area (Å²) in [5, 5.41) is 1.09. The molecule has 178 valence electrons. The Kier molecular flexibility index (Phi) is 6.77. The van der Waals surface area contributed by atoms with Crippen molar-refractivity contribution in [3.05, 3.63) is 69.8 Å². The number of alkyl halides is 1. The molecule has 1 fully saturated rings. The molecular formula is C23H20Cl2F2N4O3. The number of halogens is 4. The molecule has 2 aromatic carbocycles. The Morgan fingerprint density at radius 1 is 1.15 bits per heavy atom. The summed E-state index contributed by atoms with van der Waals surface area (Å²) in [4.78, 5) is 38.7. The summed E-state index contributed by atoms with van der Waals surface area (Å²) >= 11 is 12.2. The highest BCUT2D eigenvalue weighted by Crippen LogP contribution is 2.29. The van der Waals surface area contributed by atoms with Crippen LogP contribution >= 0.6 is 23.2 Å². The zero-order valence-electron chi connectivity index (χ0n) is 17.8. The molecule has 34 heavy (non-hydrogen) atoms. The smallest absolute Gasteiger partial charge is 0.273 e. The molecule has 0 bridgehead atoms. The van der Waals surface area contributed by atoms with Gasteiger partial charge < -0.3 is 15.2 Å². The van der Waals surface area contributed by atoms with Crippen LogP contribution in [0.5, 0.6) is 0 Å². The number of amides is 3. The average Bonchev–Trinajstić information content (AvgIpc) is 3.35. The van der Waals surface area contributed by atoms with Crippen LogP contribution in [0.4, 0.5) is 8.87 Å². The molecule has 1 saturated heterocycles. The SMILES string of the molecule is NC(=O)c1cn(CC(=O)N2C[C@H](F)C[C@H]2C(=O)N(F)Cc2cccc(Cl)c2)c2c(Cl)cccc12. The molecule has 2 N–H and O–H groups in total. The molecule has 0 radical (unpaired) electrons. The van der Waals surface area contributed by atoms with Gasteiger partial charge in [0.05, 0.1) is 29.2 Å². The molecule has 0 unspecified atom stereocenters. The third-order valence-corrected chi connectivity index (χ3v) is 6.27. The summed E-state index contributed by atoms with van der Waals surface area (Å²) in [5.41, 5.74) is 6.46. The molecule has 3 aromatic rings. The number of nitrogens with two attached hydrogens (primary N) is 1. The van der Waals surface area contributed by atoms with Crippen molar-refractivity contribution in [1.29, 1.82) is 0 Å². The van der Waals surface area contributed by atoms with Crippen molar-refractivity contribution >= 4 is 51.8 Å². The summed E-state index contributed by atoms with van der Waals surface area (Å²) in [7, 11) is 0. The van der Waals surface area contributed by atoms with Crippen LogP contribution in [0.1, 0.15) is 22.3 Å². The predicted octanol–water partition coefficient (Wildman–Crippen LogP) is 3.90. The number of carbonyl (C=O) groups excluding carboxylic acids is 3. The second kappa shape index (κ2) is 9.60. The fourth-order valence-electron chi connectivity index (χ4n) is 4.20. The lowest BCUT2D eigenvalue weighted by Gasteiger charge is -2.26. The monoisotopic (exact) mass is 508 g/mol. The Hall–Kier alpha value is -3.17. The van der Waals surface area contributed by atoms with E-state index < -0.39 is 36.5 Å². The van der Waals surface area contributed by atoms with Crippen molar-refractivity contribution in [3.63, 3.8) is 0 Å². The molecule has 0 saturated carbocycles. The Morgan fingerprint density at radius 2 is 1.88 bits per heavy atom. The van der Waals surface area contributed by atoms with E-state index >= 15 is 0 Å². The molecule has 1 aliphatic heterocycles. The number of aromatic nitrogens is 1. The number of carbonyl (C=O) groups is 3. The Labute approximate surface area is 203 Å². The fraction of sp³-hybridized carbons (Fsp3) is 0.261. The zero-order chi connectivity index (χ0) is 24.6. The fourth-order valence-corrected chi connectivity index (χ4v) is 4.70. The van der Waals surface area contributed by atoms with Gasteiger partial charge in [0.15, 0.2) is 0 Å². The van der Waals surface area contributed by atoms with E-state index in [2.05, 4.69) is 0 Å². The van der Waals surface area contributed by atoms with Gasteiger partial charge >= 0.3 is 0 Å². The number of hydrogen-bond acceptors (Lipinski definition) is 3. The minimum Gasteiger partial charge on any atom is -0.366 e. The third kappa shape index (κ3) is 4.71. The van der Waals surface area contributed by atoms with Gasteiger partial charge in [-0.25, -0.2) is 4.39 Å². The molecule has 2 heterocycles. The Balaban J connectivity index is 1.56. The standard InChI is InChI=1S/C23H20Cl2F2N4O3/c24-14-4-1-3-13(7-14)9-31(27)23(34)19-8-15(26)10-30(19)20(32)12-29-11-17(22(28)33)16-5-2-6-18(25)21(16)29/h1-7,11,15,19H,8-10,12H2,(H2,28,33)/t15-,19+/m1/s1. The lowest BCUT2D eigenvalue weighted by Crippen LogP contribution is -2.46.